The number of thiophene rings is 1. The molecule has 3 heterocycles. The van der Waals surface area contributed by atoms with Crippen LogP contribution in [0, 0.1) is 13.8 Å². The highest BCUT2D eigenvalue weighted by atomic mass is 32.1. The predicted octanol–water partition coefficient (Wildman–Crippen LogP) is 3.03. The maximum atomic E-state index is 6.00. The second-order valence-electron chi connectivity index (χ2n) is 6.59. The van der Waals surface area contributed by atoms with Gasteiger partial charge in [-0.05, 0) is 51.2 Å². The molecule has 0 radical (unpaired) electrons. The van der Waals surface area contributed by atoms with Gasteiger partial charge in [0, 0.05) is 28.7 Å². The summed E-state index contributed by atoms with van der Waals surface area (Å²) in [5, 5.41) is 4.98. The van der Waals surface area contributed by atoms with Crippen LogP contribution in [0.3, 0.4) is 0 Å². The minimum absolute atomic E-state index is 0.387. The predicted molar refractivity (Wildman–Crippen MR) is 92.7 cm³/mol. The molecule has 4 nitrogen and oxygen atoms in total. The van der Waals surface area contributed by atoms with E-state index < -0.39 is 0 Å². The molecule has 1 saturated carbocycles. The lowest BCUT2D eigenvalue weighted by Crippen LogP contribution is -2.40. The van der Waals surface area contributed by atoms with Crippen LogP contribution in [0.25, 0.3) is 10.2 Å². The van der Waals surface area contributed by atoms with Crippen molar-refractivity contribution in [2.45, 2.75) is 58.2 Å². The first-order valence-corrected chi connectivity index (χ1v) is 8.90. The molecule has 0 spiro atoms. The van der Waals surface area contributed by atoms with E-state index in [2.05, 4.69) is 25.2 Å². The van der Waals surface area contributed by atoms with Crippen molar-refractivity contribution in [3.63, 3.8) is 0 Å². The van der Waals surface area contributed by atoms with Crippen LogP contribution in [-0.4, -0.2) is 22.9 Å². The van der Waals surface area contributed by atoms with E-state index in [1.807, 2.05) is 0 Å². The zero-order chi connectivity index (χ0) is 15.3. The van der Waals surface area contributed by atoms with Gasteiger partial charge in [-0.25, -0.2) is 4.98 Å². The Morgan fingerprint density at radius 2 is 2.00 bits per heavy atom. The molecule has 0 atom stereocenters. The Balaban J connectivity index is 1.63. The van der Waals surface area contributed by atoms with Gasteiger partial charge in [-0.2, -0.15) is 0 Å². The average Bonchev–Trinajstić information content (AvgIpc) is 3.01. The van der Waals surface area contributed by atoms with Crippen molar-refractivity contribution in [3.8, 4) is 0 Å². The van der Waals surface area contributed by atoms with Crippen molar-refractivity contribution in [1.29, 1.82) is 0 Å². The van der Waals surface area contributed by atoms with E-state index >= 15 is 0 Å². The molecule has 2 aliphatic rings. The smallest absolute Gasteiger partial charge is 0.139 e. The van der Waals surface area contributed by atoms with E-state index in [-0.39, 0.29) is 0 Å². The molecular weight excluding hydrogens is 292 g/mol. The standard InChI is InChI=1S/C17H22N4S/c1-9-7-10(2)20-17-14(9)13-8-19-16(15(13)22-17)21-12-5-3-11(18)4-6-12/h7,11-12H,3-6,8,18H2,1-2H3,(H,19,21). The first-order valence-electron chi connectivity index (χ1n) is 8.08. The summed E-state index contributed by atoms with van der Waals surface area (Å²) in [6.07, 6.45) is 4.53. The van der Waals surface area contributed by atoms with Gasteiger partial charge in [0.1, 0.15) is 10.7 Å². The van der Waals surface area contributed by atoms with Crippen molar-refractivity contribution >= 4 is 27.4 Å². The van der Waals surface area contributed by atoms with Crippen molar-refractivity contribution in [2.75, 3.05) is 0 Å². The molecule has 0 saturated heterocycles. The molecule has 1 aliphatic heterocycles. The number of aromatic nitrogens is 1. The highest BCUT2D eigenvalue weighted by Gasteiger charge is 2.26. The van der Waals surface area contributed by atoms with Crippen molar-refractivity contribution in [1.82, 2.24) is 10.3 Å². The van der Waals surface area contributed by atoms with Gasteiger partial charge >= 0.3 is 0 Å². The monoisotopic (exact) mass is 314 g/mol. The second-order valence-corrected chi connectivity index (χ2v) is 7.59. The van der Waals surface area contributed by atoms with Crippen LogP contribution in [0.1, 0.15) is 47.4 Å². The van der Waals surface area contributed by atoms with E-state index in [9.17, 15) is 0 Å². The van der Waals surface area contributed by atoms with Crippen LogP contribution in [-0.2, 0) is 6.54 Å². The summed E-state index contributed by atoms with van der Waals surface area (Å²) in [7, 11) is 0. The van der Waals surface area contributed by atoms with Gasteiger partial charge < -0.3 is 11.1 Å². The first-order chi connectivity index (χ1) is 10.6. The normalized spacial score (nSPS) is 24.4. The fourth-order valence-electron chi connectivity index (χ4n) is 3.66. The van der Waals surface area contributed by atoms with Gasteiger partial charge in [0.25, 0.3) is 0 Å². The minimum atomic E-state index is 0.387. The molecule has 5 heteroatoms. The first kappa shape index (κ1) is 14.2. The molecule has 1 aliphatic carbocycles. The second kappa shape index (κ2) is 5.32. The molecule has 1 fully saturated rings. The zero-order valence-corrected chi connectivity index (χ0v) is 14.0. The third kappa shape index (κ3) is 2.32. The molecule has 0 bridgehead atoms. The van der Waals surface area contributed by atoms with Crippen molar-refractivity contribution < 1.29 is 0 Å². The molecule has 0 aromatic carbocycles. The molecule has 3 N–H and O–H groups in total. The lowest BCUT2D eigenvalue weighted by atomic mass is 9.92. The van der Waals surface area contributed by atoms with Crippen LogP contribution >= 0.6 is 11.3 Å². The third-order valence-corrected chi connectivity index (χ3v) is 5.94. The zero-order valence-electron chi connectivity index (χ0n) is 13.1. The number of nitrogens with two attached hydrogens (primary N) is 1. The molecule has 2 aromatic heterocycles. The summed E-state index contributed by atoms with van der Waals surface area (Å²) in [5.74, 6) is 1.08. The summed E-state index contributed by atoms with van der Waals surface area (Å²) in [6, 6.07) is 3.08. The molecule has 0 unspecified atom stereocenters. The molecular formula is C17H22N4S. The Morgan fingerprint density at radius 1 is 1.23 bits per heavy atom. The average molecular weight is 314 g/mol. The van der Waals surface area contributed by atoms with Gasteiger partial charge in [-0.3, -0.25) is 4.99 Å². The van der Waals surface area contributed by atoms with E-state index in [1.165, 1.54) is 21.4 Å². The Kier molecular flexibility index (Phi) is 3.42. The lowest BCUT2D eigenvalue weighted by molar-refractivity contribution is 0.373. The molecule has 22 heavy (non-hydrogen) atoms. The molecule has 116 valence electrons. The SMILES string of the molecule is Cc1cc(C)c2c3c(sc2n1)C(NC1CCC(N)CC1)=NC3. The topological polar surface area (TPSA) is 63.3 Å². The van der Waals surface area contributed by atoms with Gasteiger partial charge in [0.2, 0.25) is 0 Å². The maximum Gasteiger partial charge on any atom is 0.139 e. The van der Waals surface area contributed by atoms with Crippen LogP contribution in [0.2, 0.25) is 0 Å². The van der Waals surface area contributed by atoms with Crippen LogP contribution < -0.4 is 11.1 Å². The van der Waals surface area contributed by atoms with Gasteiger partial charge in [0.05, 0.1) is 11.4 Å². The third-order valence-electron chi connectivity index (χ3n) is 4.81. The Hall–Kier alpha value is -1.46. The highest BCUT2D eigenvalue weighted by Crippen LogP contribution is 2.36. The Labute approximate surface area is 134 Å². The number of nitrogens with zero attached hydrogens (tertiary/aromatic N) is 2. The summed E-state index contributed by atoms with van der Waals surface area (Å²) in [4.78, 5) is 11.9. The number of nitrogens with one attached hydrogen (secondary N) is 1. The molecule has 0 amide bonds. The van der Waals surface area contributed by atoms with E-state index in [1.54, 1.807) is 11.3 Å². The van der Waals surface area contributed by atoms with Gasteiger partial charge in [-0.15, -0.1) is 11.3 Å². The number of aliphatic imine (C=N–C) groups is 1. The number of hydrogen-bond acceptors (Lipinski definition) is 5. The molecule has 4 rings (SSSR count). The van der Waals surface area contributed by atoms with E-state index in [0.29, 0.717) is 12.1 Å². The Morgan fingerprint density at radius 3 is 2.77 bits per heavy atom. The number of rotatable bonds is 1. The van der Waals surface area contributed by atoms with Crippen molar-refractivity contribution in [3.05, 3.63) is 27.8 Å². The Bertz CT molecular complexity index is 754. The highest BCUT2D eigenvalue weighted by molar-refractivity contribution is 7.20. The minimum Gasteiger partial charge on any atom is -0.366 e. The largest absolute Gasteiger partial charge is 0.366 e. The quantitative estimate of drug-likeness (QED) is 0.850. The van der Waals surface area contributed by atoms with Crippen molar-refractivity contribution in [2.24, 2.45) is 10.7 Å². The molecule has 2 aromatic rings. The summed E-state index contributed by atoms with van der Waals surface area (Å²) in [5.41, 5.74) is 9.77. The van der Waals surface area contributed by atoms with Crippen LogP contribution in [0.15, 0.2) is 11.1 Å². The summed E-state index contributed by atoms with van der Waals surface area (Å²) in [6.45, 7) is 5.03. The number of pyridine rings is 1. The maximum absolute atomic E-state index is 6.00. The number of fused-ring (bicyclic) bond motifs is 3. The fraction of sp³-hybridized carbons (Fsp3) is 0.529. The summed E-state index contributed by atoms with van der Waals surface area (Å²) < 4.78 is 0. The van der Waals surface area contributed by atoms with E-state index in [0.717, 1.165) is 48.6 Å². The van der Waals surface area contributed by atoms with Crippen LogP contribution in [0.4, 0.5) is 0 Å². The van der Waals surface area contributed by atoms with E-state index in [4.69, 9.17) is 15.7 Å². The fourth-order valence-corrected chi connectivity index (χ4v) is 4.93. The summed E-state index contributed by atoms with van der Waals surface area (Å²) >= 11 is 1.78. The number of aryl methyl sites for hydroxylation is 2. The number of hydrogen-bond donors (Lipinski definition) is 2. The number of amidine groups is 1. The van der Waals surface area contributed by atoms with Gasteiger partial charge in [0.15, 0.2) is 0 Å². The van der Waals surface area contributed by atoms with Crippen LogP contribution in [0.5, 0.6) is 0 Å². The van der Waals surface area contributed by atoms with Gasteiger partial charge in [-0.1, -0.05) is 0 Å². The lowest BCUT2D eigenvalue weighted by Gasteiger charge is -2.27.